The summed E-state index contributed by atoms with van der Waals surface area (Å²) >= 11 is 0. The van der Waals surface area contributed by atoms with Crippen LogP contribution in [-0.4, -0.2) is 42.1 Å². The van der Waals surface area contributed by atoms with Crippen molar-refractivity contribution >= 4 is 5.97 Å². The van der Waals surface area contributed by atoms with Gasteiger partial charge in [-0.05, 0) is 32.9 Å². The van der Waals surface area contributed by atoms with Gasteiger partial charge in [-0.3, -0.25) is 9.69 Å². The van der Waals surface area contributed by atoms with Crippen LogP contribution in [0.3, 0.4) is 0 Å². The van der Waals surface area contributed by atoms with Crippen molar-refractivity contribution in [3.05, 3.63) is 0 Å². The van der Waals surface area contributed by atoms with E-state index in [1.807, 2.05) is 6.92 Å². The zero-order valence-corrected chi connectivity index (χ0v) is 11.4. The molecule has 100 valence electrons. The average molecular weight is 242 g/mol. The Hall–Kier alpha value is -0.610. The summed E-state index contributed by atoms with van der Waals surface area (Å²) in [4.78, 5) is 14.2. The van der Waals surface area contributed by atoms with Crippen molar-refractivity contribution in [3.63, 3.8) is 0 Å². The summed E-state index contributed by atoms with van der Waals surface area (Å²) in [6.07, 6.45) is 4.33. The molecule has 0 aromatic heterocycles. The second-order valence-electron chi connectivity index (χ2n) is 4.71. The van der Waals surface area contributed by atoms with E-state index in [-0.39, 0.29) is 11.5 Å². The normalized spacial score (nSPS) is 20.5. The quantitative estimate of drug-likeness (QED) is 0.718. The third kappa shape index (κ3) is 2.80. The van der Waals surface area contributed by atoms with Crippen molar-refractivity contribution in [2.45, 2.75) is 58.0 Å². The van der Waals surface area contributed by atoms with E-state index in [4.69, 9.17) is 10.5 Å². The first-order valence-corrected chi connectivity index (χ1v) is 6.79. The Balaban J connectivity index is 2.86. The Morgan fingerprint density at radius 3 is 2.24 bits per heavy atom. The fraction of sp³-hybridized carbons (Fsp3) is 0.923. The second-order valence-corrected chi connectivity index (χ2v) is 4.71. The molecular formula is C13H26N2O2. The first kappa shape index (κ1) is 14.5. The van der Waals surface area contributed by atoms with E-state index in [1.54, 1.807) is 0 Å². The van der Waals surface area contributed by atoms with Crippen LogP contribution in [0.25, 0.3) is 0 Å². The van der Waals surface area contributed by atoms with Crippen LogP contribution in [0.15, 0.2) is 0 Å². The van der Waals surface area contributed by atoms with Gasteiger partial charge < -0.3 is 10.5 Å². The molecule has 0 aromatic rings. The summed E-state index contributed by atoms with van der Waals surface area (Å²) in [5, 5.41) is 0. The maximum Gasteiger partial charge on any atom is 0.324 e. The predicted octanol–water partition coefficient (Wildman–Crippen LogP) is 1.53. The number of hydrogen-bond donors (Lipinski definition) is 1. The maximum absolute atomic E-state index is 11.9. The van der Waals surface area contributed by atoms with Gasteiger partial charge in [-0.25, -0.2) is 0 Å². The van der Waals surface area contributed by atoms with E-state index < -0.39 is 6.04 Å². The Bertz CT molecular complexity index is 246. The molecule has 17 heavy (non-hydrogen) atoms. The summed E-state index contributed by atoms with van der Waals surface area (Å²) in [5.41, 5.74) is 6.01. The SMILES string of the molecule is CCOC(=O)C(N)C1(N(CC)CC)CCCC1. The molecule has 4 heteroatoms. The van der Waals surface area contributed by atoms with E-state index in [0.29, 0.717) is 6.61 Å². The van der Waals surface area contributed by atoms with E-state index >= 15 is 0 Å². The summed E-state index contributed by atoms with van der Waals surface area (Å²) in [5.74, 6) is -0.249. The number of likely N-dealkylation sites (N-methyl/N-ethyl adjacent to an activating group) is 1. The van der Waals surface area contributed by atoms with Gasteiger partial charge in [-0.15, -0.1) is 0 Å². The highest BCUT2D eigenvalue weighted by atomic mass is 16.5. The highest BCUT2D eigenvalue weighted by molar-refractivity contribution is 5.77. The molecule has 1 atom stereocenters. The average Bonchev–Trinajstić information content (AvgIpc) is 2.80. The van der Waals surface area contributed by atoms with E-state index in [0.717, 1.165) is 38.8 Å². The fourth-order valence-electron chi connectivity index (χ4n) is 3.12. The zero-order chi connectivity index (χ0) is 12.9. The van der Waals surface area contributed by atoms with Crippen LogP contribution in [0.4, 0.5) is 0 Å². The largest absolute Gasteiger partial charge is 0.465 e. The molecule has 1 fully saturated rings. The molecule has 0 aromatic carbocycles. The molecule has 0 bridgehead atoms. The van der Waals surface area contributed by atoms with Gasteiger partial charge in [0, 0.05) is 5.54 Å². The van der Waals surface area contributed by atoms with Crippen LogP contribution in [0.2, 0.25) is 0 Å². The monoisotopic (exact) mass is 242 g/mol. The topological polar surface area (TPSA) is 55.6 Å². The number of nitrogens with zero attached hydrogens (tertiary/aromatic N) is 1. The molecule has 4 nitrogen and oxygen atoms in total. The van der Waals surface area contributed by atoms with Crippen LogP contribution in [0, 0.1) is 0 Å². The van der Waals surface area contributed by atoms with Crippen LogP contribution in [0.5, 0.6) is 0 Å². The lowest BCUT2D eigenvalue weighted by atomic mass is 9.86. The van der Waals surface area contributed by atoms with E-state index in [1.165, 1.54) is 0 Å². The van der Waals surface area contributed by atoms with Gasteiger partial charge in [0.1, 0.15) is 6.04 Å². The van der Waals surface area contributed by atoms with Crippen molar-refractivity contribution in [2.24, 2.45) is 5.73 Å². The van der Waals surface area contributed by atoms with Gasteiger partial charge >= 0.3 is 5.97 Å². The lowest BCUT2D eigenvalue weighted by molar-refractivity contribution is -0.149. The van der Waals surface area contributed by atoms with Gasteiger partial charge in [0.15, 0.2) is 0 Å². The van der Waals surface area contributed by atoms with E-state index in [9.17, 15) is 4.79 Å². The number of rotatable bonds is 6. The highest BCUT2D eigenvalue weighted by Gasteiger charge is 2.47. The molecule has 2 N–H and O–H groups in total. The minimum Gasteiger partial charge on any atom is -0.465 e. The number of nitrogens with two attached hydrogens (primary N) is 1. The minimum absolute atomic E-state index is 0.171. The molecule has 1 aliphatic rings. The Morgan fingerprint density at radius 1 is 1.29 bits per heavy atom. The minimum atomic E-state index is -0.509. The predicted molar refractivity (Wildman–Crippen MR) is 68.7 cm³/mol. The number of hydrogen-bond acceptors (Lipinski definition) is 4. The molecule has 1 unspecified atom stereocenters. The van der Waals surface area contributed by atoms with Crippen molar-refractivity contribution in [2.75, 3.05) is 19.7 Å². The first-order valence-electron chi connectivity index (χ1n) is 6.79. The first-order chi connectivity index (χ1) is 8.12. The molecule has 0 heterocycles. The summed E-state index contributed by atoms with van der Waals surface area (Å²) in [6, 6.07) is -0.509. The second kappa shape index (κ2) is 6.36. The van der Waals surface area contributed by atoms with Crippen LogP contribution in [0.1, 0.15) is 46.5 Å². The van der Waals surface area contributed by atoms with Crippen LogP contribution < -0.4 is 5.73 Å². The third-order valence-corrected chi connectivity index (χ3v) is 3.98. The van der Waals surface area contributed by atoms with Crippen molar-refractivity contribution in [1.29, 1.82) is 0 Å². The number of carbonyl (C=O) groups excluding carboxylic acids is 1. The highest BCUT2D eigenvalue weighted by Crippen LogP contribution is 2.37. The van der Waals surface area contributed by atoms with Gasteiger partial charge in [0.05, 0.1) is 6.61 Å². The van der Waals surface area contributed by atoms with E-state index in [2.05, 4.69) is 18.7 Å². The molecule has 0 aliphatic heterocycles. The van der Waals surface area contributed by atoms with Crippen molar-refractivity contribution < 1.29 is 9.53 Å². The molecule has 0 radical (unpaired) electrons. The van der Waals surface area contributed by atoms with Gasteiger partial charge in [-0.1, -0.05) is 26.7 Å². The molecular weight excluding hydrogens is 216 g/mol. The van der Waals surface area contributed by atoms with Gasteiger partial charge in [-0.2, -0.15) is 0 Å². The Morgan fingerprint density at radius 2 is 1.82 bits per heavy atom. The van der Waals surface area contributed by atoms with Gasteiger partial charge in [0.25, 0.3) is 0 Å². The lowest BCUT2D eigenvalue weighted by Gasteiger charge is -2.43. The summed E-state index contributed by atoms with van der Waals surface area (Å²) < 4.78 is 5.09. The molecule has 0 spiro atoms. The molecule has 1 aliphatic carbocycles. The summed E-state index contributed by atoms with van der Waals surface area (Å²) in [6.45, 7) is 8.35. The smallest absolute Gasteiger partial charge is 0.324 e. The molecule has 0 saturated heterocycles. The third-order valence-electron chi connectivity index (χ3n) is 3.98. The van der Waals surface area contributed by atoms with Crippen molar-refractivity contribution in [1.82, 2.24) is 4.90 Å². The molecule has 1 rings (SSSR count). The molecule has 1 saturated carbocycles. The van der Waals surface area contributed by atoms with Crippen LogP contribution in [-0.2, 0) is 9.53 Å². The standard InChI is InChI=1S/C13H26N2O2/c1-4-15(5-2)13(9-7-8-10-13)11(14)12(16)17-6-3/h11H,4-10,14H2,1-3H3. The maximum atomic E-state index is 11.9. The molecule has 0 amide bonds. The number of esters is 1. The van der Waals surface area contributed by atoms with Crippen molar-refractivity contribution in [3.8, 4) is 0 Å². The number of ether oxygens (including phenoxy) is 1. The van der Waals surface area contributed by atoms with Gasteiger partial charge in [0.2, 0.25) is 0 Å². The Labute approximate surface area is 104 Å². The fourth-order valence-corrected chi connectivity index (χ4v) is 3.12. The lowest BCUT2D eigenvalue weighted by Crippen LogP contribution is -2.61. The number of carbonyl (C=O) groups is 1. The Kier molecular flexibility index (Phi) is 5.40. The zero-order valence-electron chi connectivity index (χ0n) is 11.4. The van der Waals surface area contributed by atoms with Crippen LogP contribution >= 0.6 is 0 Å². The summed E-state index contributed by atoms with van der Waals surface area (Å²) in [7, 11) is 0.